The van der Waals surface area contributed by atoms with E-state index in [1.165, 1.54) is 0 Å². The molecule has 78 valence electrons. The van der Waals surface area contributed by atoms with E-state index in [-0.39, 0.29) is 11.7 Å². The van der Waals surface area contributed by atoms with Crippen LogP contribution in [0.15, 0.2) is 18.2 Å². The second kappa shape index (κ2) is 3.26. The lowest BCUT2D eigenvalue weighted by atomic mass is 10.1. The van der Waals surface area contributed by atoms with Gasteiger partial charge in [-0.2, -0.15) is 0 Å². The average Bonchev–Trinajstić information content (AvgIpc) is 3.11. The number of fused-ring (bicyclic) bond motifs is 1. The first-order valence-electron chi connectivity index (χ1n) is 5.29. The summed E-state index contributed by atoms with van der Waals surface area (Å²) in [5.74, 6) is 1.77. The standard InChI is InChI=1S/C12H12O3/c13-11(8-4-5-8)9-2-1-3-10-12(9)15-7-6-14-10/h1-3,8H,4-7H2. The fourth-order valence-electron chi connectivity index (χ4n) is 1.83. The monoisotopic (exact) mass is 204 g/mol. The molecule has 0 atom stereocenters. The molecule has 0 saturated heterocycles. The third-order valence-electron chi connectivity index (χ3n) is 2.78. The van der Waals surface area contributed by atoms with E-state index in [9.17, 15) is 4.79 Å². The SMILES string of the molecule is O=C(c1cccc2c1OCCO2)C1CC1. The number of para-hydroxylation sites is 1. The fourth-order valence-corrected chi connectivity index (χ4v) is 1.83. The van der Waals surface area contributed by atoms with E-state index in [1.807, 2.05) is 18.2 Å². The van der Waals surface area contributed by atoms with Gasteiger partial charge in [0, 0.05) is 5.92 Å². The Morgan fingerprint density at radius 2 is 2.00 bits per heavy atom. The molecular formula is C12H12O3. The van der Waals surface area contributed by atoms with Gasteiger partial charge in [0.05, 0.1) is 5.56 Å². The Morgan fingerprint density at radius 1 is 1.20 bits per heavy atom. The molecule has 1 aromatic carbocycles. The first-order valence-corrected chi connectivity index (χ1v) is 5.29. The molecule has 1 aliphatic heterocycles. The molecule has 0 bridgehead atoms. The largest absolute Gasteiger partial charge is 0.486 e. The van der Waals surface area contributed by atoms with Crippen molar-refractivity contribution in [2.45, 2.75) is 12.8 Å². The zero-order valence-corrected chi connectivity index (χ0v) is 8.36. The van der Waals surface area contributed by atoms with Crippen LogP contribution in [-0.4, -0.2) is 19.0 Å². The summed E-state index contributed by atoms with van der Waals surface area (Å²) in [7, 11) is 0. The summed E-state index contributed by atoms with van der Waals surface area (Å²) >= 11 is 0. The van der Waals surface area contributed by atoms with Gasteiger partial charge in [-0.05, 0) is 25.0 Å². The maximum atomic E-state index is 11.9. The smallest absolute Gasteiger partial charge is 0.172 e. The van der Waals surface area contributed by atoms with Gasteiger partial charge in [0.2, 0.25) is 0 Å². The number of ether oxygens (including phenoxy) is 2. The maximum absolute atomic E-state index is 11.9. The minimum absolute atomic E-state index is 0.206. The second-order valence-electron chi connectivity index (χ2n) is 3.97. The molecule has 1 saturated carbocycles. The van der Waals surface area contributed by atoms with Crippen LogP contribution >= 0.6 is 0 Å². The zero-order valence-electron chi connectivity index (χ0n) is 8.36. The first kappa shape index (κ1) is 8.77. The molecule has 3 rings (SSSR count). The highest BCUT2D eigenvalue weighted by Crippen LogP contribution is 2.39. The van der Waals surface area contributed by atoms with Crippen LogP contribution in [-0.2, 0) is 0 Å². The van der Waals surface area contributed by atoms with Crippen molar-refractivity contribution in [2.24, 2.45) is 5.92 Å². The van der Waals surface area contributed by atoms with Gasteiger partial charge >= 0.3 is 0 Å². The molecule has 0 aromatic heterocycles. The van der Waals surface area contributed by atoms with Crippen LogP contribution in [0.25, 0.3) is 0 Å². The Morgan fingerprint density at radius 3 is 2.80 bits per heavy atom. The summed E-state index contributed by atoms with van der Waals surface area (Å²) in [6, 6.07) is 5.52. The number of ketones is 1. The summed E-state index contributed by atoms with van der Waals surface area (Å²) in [4.78, 5) is 11.9. The quantitative estimate of drug-likeness (QED) is 0.691. The van der Waals surface area contributed by atoms with Crippen molar-refractivity contribution in [2.75, 3.05) is 13.2 Å². The summed E-state index contributed by atoms with van der Waals surface area (Å²) in [6.07, 6.45) is 2.03. The molecule has 0 amide bonds. The van der Waals surface area contributed by atoms with Gasteiger partial charge in [0.25, 0.3) is 0 Å². The minimum Gasteiger partial charge on any atom is -0.486 e. The predicted molar refractivity (Wildman–Crippen MR) is 54.5 cm³/mol. The fraction of sp³-hybridized carbons (Fsp3) is 0.417. The molecule has 0 N–H and O–H groups in total. The van der Waals surface area contributed by atoms with E-state index < -0.39 is 0 Å². The maximum Gasteiger partial charge on any atom is 0.172 e. The number of Topliss-reactive ketones (excluding diaryl/α,β-unsaturated/α-hetero) is 1. The normalized spacial score (nSPS) is 18.7. The summed E-state index contributed by atoms with van der Waals surface area (Å²) in [5, 5.41) is 0. The molecule has 3 nitrogen and oxygen atoms in total. The van der Waals surface area contributed by atoms with Gasteiger partial charge in [-0.3, -0.25) is 4.79 Å². The Hall–Kier alpha value is -1.51. The molecule has 2 aliphatic rings. The molecular weight excluding hydrogens is 192 g/mol. The molecule has 0 unspecified atom stereocenters. The molecule has 1 heterocycles. The van der Waals surface area contributed by atoms with E-state index in [4.69, 9.17) is 9.47 Å². The Kier molecular flexibility index (Phi) is 1.91. The van der Waals surface area contributed by atoms with Crippen molar-refractivity contribution in [3.8, 4) is 11.5 Å². The van der Waals surface area contributed by atoms with Crippen molar-refractivity contribution in [3.63, 3.8) is 0 Å². The van der Waals surface area contributed by atoms with Crippen LogP contribution in [0.3, 0.4) is 0 Å². The van der Waals surface area contributed by atoms with Crippen molar-refractivity contribution in [1.29, 1.82) is 0 Å². The van der Waals surface area contributed by atoms with E-state index in [1.54, 1.807) is 0 Å². The highest BCUT2D eigenvalue weighted by molar-refractivity contribution is 6.02. The lowest BCUT2D eigenvalue weighted by Gasteiger charge is -2.20. The summed E-state index contributed by atoms with van der Waals surface area (Å²) in [6.45, 7) is 1.09. The van der Waals surface area contributed by atoms with Gasteiger partial charge in [-0.1, -0.05) is 6.07 Å². The van der Waals surface area contributed by atoms with Crippen LogP contribution in [0.4, 0.5) is 0 Å². The van der Waals surface area contributed by atoms with Gasteiger partial charge in [0.1, 0.15) is 13.2 Å². The second-order valence-corrected chi connectivity index (χ2v) is 3.97. The molecule has 1 aromatic rings. The van der Waals surface area contributed by atoms with Crippen LogP contribution < -0.4 is 9.47 Å². The van der Waals surface area contributed by atoms with Gasteiger partial charge in [-0.15, -0.1) is 0 Å². The van der Waals surface area contributed by atoms with Crippen LogP contribution in [0.5, 0.6) is 11.5 Å². The number of carbonyl (C=O) groups is 1. The van der Waals surface area contributed by atoms with E-state index in [2.05, 4.69) is 0 Å². The number of carbonyl (C=O) groups excluding carboxylic acids is 1. The zero-order chi connectivity index (χ0) is 10.3. The first-order chi connectivity index (χ1) is 7.36. The minimum atomic E-state index is 0.206. The van der Waals surface area contributed by atoms with Crippen LogP contribution in [0.1, 0.15) is 23.2 Å². The number of benzene rings is 1. The Balaban J connectivity index is 2.02. The third-order valence-corrected chi connectivity index (χ3v) is 2.78. The lowest BCUT2D eigenvalue weighted by molar-refractivity contribution is 0.0956. The number of hydrogen-bond donors (Lipinski definition) is 0. The van der Waals surface area contributed by atoms with Crippen molar-refractivity contribution in [3.05, 3.63) is 23.8 Å². The molecule has 1 aliphatic carbocycles. The number of rotatable bonds is 2. The van der Waals surface area contributed by atoms with Crippen molar-refractivity contribution >= 4 is 5.78 Å². The Labute approximate surface area is 88.0 Å². The van der Waals surface area contributed by atoms with Crippen LogP contribution in [0.2, 0.25) is 0 Å². The van der Waals surface area contributed by atoms with Gasteiger partial charge < -0.3 is 9.47 Å². The molecule has 0 radical (unpaired) electrons. The lowest BCUT2D eigenvalue weighted by Crippen LogP contribution is -2.18. The van der Waals surface area contributed by atoms with Crippen LogP contribution in [0, 0.1) is 5.92 Å². The average molecular weight is 204 g/mol. The van der Waals surface area contributed by atoms with E-state index in [0.29, 0.717) is 30.3 Å². The summed E-state index contributed by atoms with van der Waals surface area (Å²) < 4.78 is 10.9. The predicted octanol–water partition coefficient (Wildman–Crippen LogP) is 2.05. The van der Waals surface area contributed by atoms with E-state index >= 15 is 0 Å². The number of hydrogen-bond acceptors (Lipinski definition) is 3. The molecule has 3 heteroatoms. The third kappa shape index (κ3) is 1.48. The topological polar surface area (TPSA) is 35.5 Å². The Bertz CT molecular complexity index is 407. The van der Waals surface area contributed by atoms with E-state index in [0.717, 1.165) is 12.8 Å². The molecule has 15 heavy (non-hydrogen) atoms. The highest BCUT2D eigenvalue weighted by atomic mass is 16.6. The molecule has 1 fully saturated rings. The van der Waals surface area contributed by atoms with Gasteiger partial charge in [-0.25, -0.2) is 0 Å². The van der Waals surface area contributed by atoms with Crippen molar-refractivity contribution in [1.82, 2.24) is 0 Å². The summed E-state index contributed by atoms with van der Waals surface area (Å²) in [5.41, 5.74) is 0.690. The molecule has 0 spiro atoms. The van der Waals surface area contributed by atoms with Gasteiger partial charge in [0.15, 0.2) is 17.3 Å². The highest BCUT2D eigenvalue weighted by Gasteiger charge is 2.33. The van der Waals surface area contributed by atoms with Crippen molar-refractivity contribution < 1.29 is 14.3 Å².